The van der Waals surface area contributed by atoms with Crippen LogP contribution in [0.1, 0.15) is 45.4 Å². The molecular formula is C17H27NO2. The zero-order valence-electron chi connectivity index (χ0n) is 12.8. The highest BCUT2D eigenvalue weighted by Crippen LogP contribution is 2.31. The Labute approximate surface area is 122 Å². The Balaban J connectivity index is 1.84. The Kier molecular flexibility index (Phi) is 6.03. The molecule has 0 bridgehead atoms. The maximum atomic E-state index is 5.60. The Morgan fingerprint density at radius 2 is 1.95 bits per heavy atom. The average Bonchev–Trinajstić information content (AvgIpc) is 2.49. The van der Waals surface area contributed by atoms with Crippen LogP contribution in [0.15, 0.2) is 18.2 Å². The fourth-order valence-corrected chi connectivity index (χ4v) is 2.95. The number of hydrogen-bond donors (Lipinski definition) is 1. The van der Waals surface area contributed by atoms with Gasteiger partial charge in [-0.2, -0.15) is 0 Å². The molecule has 0 saturated heterocycles. The van der Waals surface area contributed by atoms with E-state index in [4.69, 9.17) is 9.47 Å². The normalized spacial score (nSPS) is 15.9. The monoisotopic (exact) mass is 277 g/mol. The van der Waals surface area contributed by atoms with Gasteiger partial charge in [-0.3, -0.25) is 0 Å². The van der Waals surface area contributed by atoms with E-state index in [0.29, 0.717) is 6.61 Å². The van der Waals surface area contributed by atoms with Crippen LogP contribution >= 0.6 is 0 Å². The minimum Gasteiger partial charge on any atom is -0.493 e. The lowest BCUT2D eigenvalue weighted by Crippen LogP contribution is -2.12. The van der Waals surface area contributed by atoms with Crippen LogP contribution in [0.5, 0.6) is 11.5 Å². The highest BCUT2D eigenvalue weighted by molar-refractivity contribution is 5.54. The maximum Gasteiger partial charge on any atom is 0.163 e. The van der Waals surface area contributed by atoms with Crippen LogP contribution in [-0.2, 0) is 0 Å². The number of anilines is 1. The van der Waals surface area contributed by atoms with E-state index in [1.54, 1.807) is 7.11 Å². The third-order valence-electron chi connectivity index (χ3n) is 4.07. The first-order valence-electron chi connectivity index (χ1n) is 7.88. The first-order valence-corrected chi connectivity index (χ1v) is 7.88. The van der Waals surface area contributed by atoms with Gasteiger partial charge in [0, 0.05) is 18.3 Å². The van der Waals surface area contributed by atoms with E-state index >= 15 is 0 Å². The Hall–Kier alpha value is -1.38. The number of ether oxygens (including phenoxy) is 2. The highest BCUT2D eigenvalue weighted by atomic mass is 16.5. The topological polar surface area (TPSA) is 30.5 Å². The van der Waals surface area contributed by atoms with Crippen LogP contribution < -0.4 is 14.8 Å². The third kappa shape index (κ3) is 4.32. The fourth-order valence-electron chi connectivity index (χ4n) is 2.95. The molecule has 0 amide bonds. The van der Waals surface area contributed by atoms with Crippen molar-refractivity contribution in [3.05, 3.63) is 18.2 Å². The molecule has 0 aliphatic heterocycles. The lowest BCUT2D eigenvalue weighted by Gasteiger charge is -2.21. The number of rotatable bonds is 7. The van der Waals surface area contributed by atoms with Crippen molar-refractivity contribution >= 4 is 5.69 Å². The fraction of sp³-hybridized carbons (Fsp3) is 0.647. The van der Waals surface area contributed by atoms with Crippen molar-refractivity contribution < 1.29 is 9.47 Å². The van der Waals surface area contributed by atoms with Crippen molar-refractivity contribution in [1.29, 1.82) is 0 Å². The van der Waals surface area contributed by atoms with Gasteiger partial charge < -0.3 is 14.8 Å². The van der Waals surface area contributed by atoms with Gasteiger partial charge in [0.2, 0.25) is 0 Å². The minimum absolute atomic E-state index is 0.655. The molecule has 3 nitrogen and oxygen atoms in total. The molecule has 1 aromatic carbocycles. The maximum absolute atomic E-state index is 5.60. The van der Waals surface area contributed by atoms with Crippen LogP contribution in [0.4, 0.5) is 5.69 Å². The van der Waals surface area contributed by atoms with Gasteiger partial charge in [0.1, 0.15) is 0 Å². The smallest absolute Gasteiger partial charge is 0.163 e. The molecule has 0 radical (unpaired) electrons. The van der Waals surface area contributed by atoms with Crippen molar-refractivity contribution in [3.8, 4) is 11.5 Å². The van der Waals surface area contributed by atoms with Gasteiger partial charge in [-0.25, -0.2) is 0 Å². The molecule has 0 heterocycles. The van der Waals surface area contributed by atoms with E-state index in [1.807, 2.05) is 19.1 Å². The summed E-state index contributed by atoms with van der Waals surface area (Å²) < 4.78 is 10.9. The zero-order chi connectivity index (χ0) is 14.2. The minimum atomic E-state index is 0.655. The second-order valence-corrected chi connectivity index (χ2v) is 5.52. The van der Waals surface area contributed by atoms with Crippen LogP contribution in [0.25, 0.3) is 0 Å². The first-order chi connectivity index (χ1) is 9.83. The summed E-state index contributed by atoms with van der Waals surface area (Å²) in [5.41, 5.74) is 1.12. The van der Waals surface area contributed by atoms with Gasteiger partial charge >= 0.3 is 0 Å². The summed E-state index contributed by atoms with van der Waals surface area (Å²) in [6.07, 6.45) is 8.36. The summed E-state index contributed by atoms with van der Waals surface area (Å²) in [6.45, 7) is 3.69. The molecule has 20 heavy (non-hydrogen) atoms. The largest absolute Gasteiger partial charge is 0.493 e. The standard InChI is InChI=1S/C17H27NO2/c1-3-20-17-13-15(9-10-16(17)19-2)18-12-11-14-7-5-4-6-8-14/h9-10,13-14,18H,3-8,11-12H2,1-2H3. The van der Waals surface area contributed by atoms with Crippen molar-refractivity contribution in [2.75, 3.05) is 25.6 Å². The van der Waals surface area contributed by atoms with Gasteiger partial charge in [-0.15, -0.1) is 0 Å². The van der Waals surface area contributed by atoms with Gasteiger partial charge in [0.25, 0.3) is 0 Å². The molecule has 1 aromatic rings. The molecule has 0 spiro atoms. The van der Waals surface area contributed by atoms with Gasteiger partial charge in [-0.05, 0) is 31.4 Å². The first kappa shape index (κ1) is 15.0. The van der Waals surface area contributed by atoms with E-state index in [-0.39, 0.29) is 0 Å². The summed E-state index contributed by atoms with van der Waals surface area (Å²) in [5, 5.41) is 3.51. The van der Waals surface area contributed by atoms with Crippen LogP contribution in [0.3, 0.4) is 0 Å². The lowest BCUT2D eigenvalue weighted by molar-refractivity contribution is 0.311. The summed E-state index contributed by atoms with van der Waals surface area (Å²) in [7, 11) is 1.67. The number of hydrogen-bond acceptors (Lipinski definition) is 3. The van der Waals surface area contributed by atoms with E-state index in [1.165, 1.54) is 38.5 Å². The van der Waals surface area contributed by atoms with E-state index < -0.39 is 0 Å². The number of nitrogens with one attached hydrogen (secondary N) is 1. The summed E-state index contributed by atoms with van der Waals surface area (Å²) in [5.74, 6) is 2.53. The molecule has 1 aliphatic rings. The third-order valence-corrected chi connectivity index (χ3v) is 4.07. The molecular weight excluding hydrogens is 250 g/mol. The van der Waals surface area contributed by atoms with E-state index in [9.17, 15) is 0 Å². The SMILES string of the molecule is CCOc1cc(NCCC2CCCCC2)ccc1OC. The van der Waals surface area contributed by atoms with Crippen molar-refractivity contribution in [1.82, 2.24) is 0 Å². The van der Waals surface area contributed by atoms with Gasteiger partial charge in [-0.1, -0.05) is 32.1 Å². The van der Waals surface area contributed by atoms with E-state index in [2.05, 4.69) is 11.4 Å². The summed E-state index contributed by atoms with van der Waals surface area (Å²) >= 11 is 0. The molecule has 0 unspecified atom stereocenters. The summed E-state index contributed by atoms with van der Waals surface area (Å²) in [4.78, 5) is 0. The van der Waals surface area contributed by atoms with Crippen molar-refractivity contribution in [2.24, 2.45) is 5.92 Å². The number of methoxy groups -OCH3 is 1. The van der Waals surface area contributed by atoms with Gasteiger partial charge in [0.05, 0.1) is 13.7 Å². The predicted octanol–water partition coefficient (Wildman–Crippen LogP) is 4.48. The molecule has 112 valence electrons. The second-order valence-electron chi connectivity index (χ2n) is 5.52. The van der Waals surface area contributed by atoms with Gasteiger partial charge in [0.15, 0.2) is 11.5 Å². The average molecular weight is 277 g/mol. The molecule has 0 aromatic heterocycles. The number of benzene rings is 1. The molecule has 1 aliphatic carbocycles. The van der Waals surface area contributed by atoms with Crippen molar-refractivity contribution in [2.45, 2.75) is 45.4 Å². The molecule has 0 atom stereocenters. The van der Waals surface area contributed by atoms with Crippen LogP contribution in [0, 0.1) is 5.92 Å². The second kappa shape index (κ2) is 8.03. The molecule has 2 rings (SSSR count). The summed E-state index contributed by atoms with van der Waals surface area (Å²) in [6, 6.07) is 6.05. The molecule has 1 fully saturated rings. The Bertz CT molecular complexity index is 400. The molecule has 3 heteroatoms. The Morgan fingerprint density at radius 3 is 2.65 bits per heavy atom. The zero-order valence-corrected chi connectivity index (χ0v) is 12.8. The van der Waals surface area contributed by atoms with Crippen molar-refractivity contribution in [3.63, 3.8) is 0 Å². The van der Waals surface area contributed by atoms with Crippen LogP contribution in [-0.4, -0.2) is 20.3 Å². The lowest BCUT2D eigenvalue weighted by atomic mass is 9.87. The molecule has 1 saturated carbocycles. The highest BCUT2D eigenvalue weighted by Gasteiger charge is 2.12. The predicted molar refractivity (Wildman–Crippen MR) is 83.8 cm³/mol. The van der Waals surface area contributed by atoms with E-state index in [0.717, 1.165) is 29.6 Å². The molecule has 1 N–H and O–H groups in total. The Morgan fingerprint density at radius 1 is 1.15 bits per heavy atom. The quantitative estimate of drug-likeness (QED) is 0.797. The van der Waals surface area contributed by atoms with Crippen LogP contribution in [0.2, 0.25) is 0 Å².